The summed E-state index contributed by atoms with van der Waals surface area (Å²) >= 11 is 6.11. The molecule has 1 aliphatic rings. The van der Waals surface area contributed by atoms with Crippen LogP contribution < -0.4 is 10.0 Å². The molecule has 144 valence electrons. The van der Waals surface area contributed by atoms with E-state index in [4.69, 9.17) is 11.6 Å². The van der Waals surface area contributed by atoms with Crippen LogP contribution >= 0.6 is 11.6 Å². The van der Waals surface area contributed by atoms with Crippen molar-refractivity contribution in [1.29, 1.82) is 0 Å². The molecule has 2 aromatic rings. The van der Waals surface area contributed by atoms with Gasteiger partial charge in [-0.05, 0) is 36.6 Å². The summed E-state index contributed by atoms with van der Waals surface area (Å²) in [6.07, 6.45) is 5.33. The molecule has 0 atom stereocenters. The maximum absolute atomic E-state index is 12.7. The highest BCUT2D eigenvalue weighted by Gasteiger charge is 2.22. The molecule has 1 fully saturated rings. The van der Waals surface area contributed by atoms with Gasteiger partial charge in [0.2, 0.25) is 10.0 Å². The Kier molecular flexibility index (Phi) is 6.52. The smallest absolute Gasteiger partial charge is 0.251 e. The minimum absolute atomic E-state index is 0.0867. The van der Waals surface area contributed by atoms with Crippen LogP contribution in [0, 0.1) is 0 Å². The standard InChI is InChI=1S/C20H23ClN2O3S/c21-18-12-11-16(20(24)23-17-9-5-2-6-10-17)13-19(18)27(25,26)22-14-15-7-3-1-4-8-15/h1,3-4,7-8,11-13,17,22H,2,5-6,9-10,14H2,(H,23,24). The van der Waals surface area contributed by atoms with Gasteiger partial charge in [-0.1, -0.05) is 61.2 Å². The third kappa shape index (κ3) is 5.31. The summed E-state index contributed by atoms with van der Waals surface area (Å²) < 4.78 is 27.9. The van der Waals surface area contributed by atoms with Crippen LogP contribution in [0.25, 0.3) is 0 Å². The summed E-state index contributed by atoms with van der Waals surface area (Å²) in [5, 5.41) is 3.08. The molecule has 3 rings (SSSR count). The number of benzene rings is 2. The molecule has 27 heavy (non-hydrogen) atoms. The maximum atomic E-state index is 12.7. The quantitative estimate of drug-likeness (QED) is 0.764. The minimum atomic E-state index is -3.84. The Morgan fingerprint density at radius 3 is 2.44 bits per heavy atom. The first kappa shape index (κ1) is 19.9. The number of rotatable bonds is 6. The molecule has 0 radical (unpaired) electrons. The Morgan fingerprint density at radius 2 is 1.74 bits per heavy atom. The SMILES string of the molecule is O=C(NC1CCCCC1)c1ccc(Cl)c(S(=O)(=O)NCc2ccccc2)c1. The average molecular weight is 407 g/mol. The highest BCUT2D eigenvalue weighted by atomic mass is 35.5. The van der Waals surface area contributed by atoms with E-state index >= 15 is 0 Å². The molecule has 0 aromatic heterocycles. The van der Waals surface area contributed by atoms with Gasteiger partial charge in [0.1, 0.15) is 4.90 Å². The van der Waals surface area contributed by atoms with E-state index in [0.717, 1.165) is 31.2 Å². The Labute approximate surface area is 165 Å². The topological polar surface area (TPSA) is 75.3 Å². The summed E-state index contributed by atoms with van der Waals surface area (Å²) in [6, 6.07) is 13.7. The van der Waals surface area contributed by atoms with Crippen molar-refractivity contribution in [3.8, 4) is 0 Å². The van der Waals surface area contributed by atoms with Gasteiger partial charge in [-0.2, -0.15) is 0 Å². The summed E-state index contributed by atoms with van der Waals surface area (Å²) in [4.78, 5) is 12.4. The molecule has 0 bridgehead atoms. The van der Waals surface area contributed by atoms with Crippen molar-refractivity contribution >= 4 is 27.5 Å². The van der Waals surface area contributed by atoms with E-state index in [0.29, 0.717) is 5.56 Å². The van der Waals surface area contributed by atoms with E-state index in [2.05, 4.69) is 10.0 Å². The molecule has 0 saturated heterocycles. The molecular formula is C20H23ClN2O3S. The van der Waals surface area contributed by atoms with Gasteiger partial charge in [-0.25, -0.2) is 13.1 Å². The van der Waals surface area contributed by atoms with E-state index in [1.54, 1.807) is 6.07 Å². The van der Waals surface area contributed by atoms with E-state index in [1.165, 1.54) is 18.6 Å². The zero-order valence-electron chi connectivity index (χ0n) is 14.9. The summed E-state index contributed by atoms with van der Waals surface area (Å²) in [5.41, 5.74) is 1.13. The van der Waals surface area contributed by atoms with Crippen molar-refractivity contribution in [3.63, 3.8) is 0 Å². The lowest BCUT2D eigenvalue weighted by Crippen LogP contribution is -2.36. The van der Waals surface area contributed by atoms with Gasteiger partial charge >= 0.3 is 0 Å². The predicted molar refractivity (Wildman–Crippen MR) is 106 cm³/mol. The van der Waals surface area contributed by atoms with Crippen LogP contribution in [0.1, 0.15) is 48.0 Å². The molecule has 0 unspecified atom stereocenters. The van der Waals surface area contributed by atoms with Crippen molar-refractivity contribution in [1.82, 2.24) is 10.0 Å². The van der Waals surface area contributed by atoms with Crippen molar-refractivity contribution in [2.24, 2.45) is 0 Å². The Balaban J connectivity index is 1.74. The highest BCUT2D eigenvalue weighted by Crippen LogP contribution is 2.24. The second-order valence-electron chi connectivity index (χ2n) is 6.76. The van der Waals surface area contributed by atoms with Crippen LogP contribution in [0.5, 0.6) is 0 Å². The fourth-order valence-electron chi connectivity index (χ4n) is 3.22. The van der Waals surface area contributed by atoms with Crippen molar-refractivity contribution in [3.05, 3.63) is 64.7 Å². The summed E-state index contributed by atoms with van der Waals surface area (Å²) in [7, 11) is -3.84. The lowest BCUT2D eigenvalue weighted by Gasteiger charge is -2.22. The van der Waals surface area contributed by atoms with Gasteiger partial charge < -0.3 is 5.32 Å². The van der Waals surface area contributed by atoms with Gasteiger partial charge in [-0.15, -0.1) is 0 Å². The summed E-state index contributed by atoms with van der Waals surface area (Å²) in [5.74, 6) is -0.266. The number of hydrogen-bond donors (Lipinski definition) is 2. The molecule has 5 nitrogen and oxygen atoms in total. The lowest BCUT2D eigenvalue weighted by atomic mass is 9.95. The third-order valence-corrected chi connectivity index (χ3v) is 6.62. The van der Waals surface area contributed by atoms with E-state index in [-0.39, 0.29) is 28.4 Å². The molecule has 1 aliphatic carbocycles. The lowest BCUT2D eigenvalue weighted by molar-refractivity contribution is 0.0927. The Hall–Kier alpha value is -1.89. The Morgan fingerprint density at radius 1 is 1.04 bits per heavy atom. The largest absolute Gasteiger partial charge is 0.349 e. The van der Waals surface area contributed by atoms with Crippen LogP contribution in [-0.4, -0.2) is 20.4 Å². The molecule has 2 N–H and O–H groups in total. The van der Waals surface area contributed by atoms with Crippen LogP contribution in [0.2, 0.25) is 5.02 Å². The fraction of sp³-hybridized carbons (Fsp3) is 0.350. The van der Waals surface area contributed by atoms with Crippen LogP contribution in [0.4, 0.5) is 0 Å². The first-order valence-corrected chi connectivity index (χ1v) is 11.0. The van der Waals surface area contributed by atoms with Crippen molar-refractivity contribution in [2.45, 2.75) is 49.6 Å². The molecule has 1 saturated carbocycles. The second-order valence-corrected chi connectivity index (χ2v) is 8.91. The van der Waals surface area contributed by atoms with Gasteiger partial charge in [0.25, 0.3) is 5.91 Å². The summed E-state index contributed by atoms with van der Waals surface area (Å²) in [6.45, 7) is 0.151. The van der Waals surface area contributed by atoms with Crippen molar-refractivity contribution < 1.29 is 13.2 Å². The molecule has 0 aliphatic heterocycles. The van der Waals surface area contributed by atoms with Crippen molar-refractivity contribution in [2.75, 3.05) is 0 Å². The molecule has 1 amide bonds. The fourth-order valence-corrected chi connectivity index (χ4v) is 4.76. The number of carbonyl (C=O) groups excluding carboxylic acids is 1. The van der Waals surface area contributed by atoms with E-state index in [9.17, 15) is 13.2 Å². The van der Waals surface area contributed by atoms with Gasteiger partial charge in [-0.3, -0.25) is 4.79 Å². The molecule has 2 aromatic carbocycles. The molecular weight excluding hydrogens is 384 g/mol. The number of amides is 1. The van der Waals surface area contributed by atoms with Crippen LogP contribution in [0.3, 0.4) is 0 Å². The van der Waals surface area contributed by atoms with E-state index < -0.39 is 10.0 Å². The number of sulfonamides is 1. The molecule has 7 heteroatoms. The van der Waals surface area contributed by atoms with Gasteiger partial charge in [0, 0.05) is 18.2 Å². The number of nitrogens with one attached hydrogen (secondary N) is 2. The maximum Gasteiger partial charge on any atom is 0.251 e. The van der Waals surface area contributed by atoms with E-state index in [1.807, 2.05) is 30.3 Å². The zero-order valence-corrected chi connectivity index (χ0v) is 16.5. The minimum Gasteiger partial charge on any atom is -0.349 e. The third-order valence-electron chi connectivity index (χ3n) is 4.73. The molecule has 0 heterocycles. The monoisotopic (exact) mass is 406 g/mol. The highest BCUT2D eigenvalue weighted by molar-refractivity contribution is 7.89. The second kappa shape index (κ2) is 8.87. The Bertz CT molecular complexity index is 895. The first-order valence-electron chi connectivity index (χ1n) is 9.10. The number of carbonyl (C=O) groups is 1. The predicted octanol–water partition coefficient (Wildman–Crippen LogP) is 3.88. The average Bonchev–Trinajstić information content (AvgIpc) is 2.68. The van der Waals surface area contributed by atoms with Gasteiger partial charge in [0.15, 0.2) is 0 Å². The normalized spacial score (nSPS) is 15.4. The van der Waals surface area contributed by atoms with Crippen LogP contribution in [-0.2, 0) is 16.6 Å². The zero-order chi connectivity index (χ0) is 19.3. The first-order chi connectivity index (χ1) is 13.0. The molecule has 0 spiro atoms. The van der Waals surface area contributed by atoms with Gasteiger partial charge in [0.05, 0.1) is 5.02 Å². The number of halogens is 1. The van der Waals surface area contributed by atoms with Crippen LogP contribution in [0.15, 0.2) is 53.4 Å². The number of hydrogen-bond acceptors (Lipinski definition) is 3.